The number of hydrogen-bond donors (Lipinski definition) is 1. The number of amides is 2. The molecular formula is C19H19FN2O2. The Morgan fingerprint density at radius 1 is 1.21 bits per heavy atom. The van der Waals surface area contributed by atoms with Gasteiger partial charge in [-0.1, -0.05) is 24.3 Å². The van der Waals surface area contributed by atoms with E-state index in [9.17, 15) is 14.0 Å². The third-order valence-corrected chi connectivity index (χ3v) is 4.35. The van der Waals surface area contributed by atoms with Gasteiger partial charge in [0.05, 0.1) is 5.92 Å². The van der Waals surface area contributed by atoms with Crippen molar-refractivity contribution in [1.82, 2.24) is 5.32 Å². The molecule has 0 spiro atoms. The highest BCUT2D eigenvalue weighted by molar-refractivity contribution is 6.00. The van der Waals surface area contributed by atoms with E-state index in [0.717, 1.165) is 11.1 Å². The molecule has 0 aliphatic carbocycles. The number of benzene rings is 2. The van der Waals surface area contributed by atoms with Gasteiger partial charge >= 0.3 is 0 Å². The molecule has 24 heavy (non-hydrogen) atoms. The van der Waals surface area contributed by atoms with Crippen molar-refractivity contribution in [3.63, 3.8) is 0 Å². The SMILES string of the molecule is Cc1ccccc1CNC(=O)[C@H]1CC(=O)N(c2ccc(F)cc2)C1. The molecule has 1 saturated heterocycles. The Bertz CT molecular complexity index is 758. The summed E-state index contributed by atoms with van der Waals surface area (Å²) in [6.07, 6.45) is 0.178. The first-order chi connectivity index (χ1) is 11.5. The van der Waals surface area contributed by atoms with Crippen molar-refractivity contribution in [2.24, 2.45) is 5.92 Å². The number of nitrogens with zero attached hydrogens (tertiary/aromatic N) is 1. The Balaban J connectivity index is 1.62. The summed E-state index contributed by atoms with van der Waals surface area (Å²) in [6.45, 7) is 2.77. The highest BCUT2D eigenvalue weighted by Crippen LogP contribution is 2.25. The van der Waals surface area contributed by atoms with Crippen LogP contribution in [0.5, 0.6) is 0 Å². The van der Waals surface area contributed by atoms with Gasteiger partial charge in [-0.3, -0.25) is 9.59 Å². The van der Waals surface area contributed by atoms with E-state index in [-0.39, 0.29) is 30.0 Å². The highest BCUT2D eigenvalue weighted by atomic mass is 19.1. The maximum atomic E-state index is 13.0. The Hall–Kier alpha value is -2.69. The van der Waals surface area contributed by atoms with Gasteiger partial charge in [0.1, 0.15) is 5.82 Å². The normalized spacial score (nSPS) is 17.2. The lowest BCUT2D eigenvalue weighted by Crippen LogP contribution is -2.32. The molecule has 0 bridgehead atoms. The zero-order valence-electron chi connectivity index (χ0n) is 13.5. The molecule has 0 unspecified atom stereocenters. The molecular weight excluding hydrogens is 307 g/mol. The second kappa shape index (κ2) is 6.83. The van der Waals surface area contributed by atoms with Crippen LogP contribution in [0.4, 0.5) is 10.1 Å². The van der Waals surface area contributed by atoms with Gasteiger partial charge in [0.2, 0.25) is 11.8 Å². The summed E-state index contributed by atoms with van der Waals surface area (Å²) in [5.41, 5.74) is 2.80. The molecule has 124 valence electrons. The second-order valence-corrected chi connectivity index (χ2v) is 6.03. The lowest BCUT2D eigenvalue weighted by Gasteiger charge is -2.16. The van der Waals surface area contributed by atoms with Crippen molar-refractivity contribution < 1.29 is 14.0 Å². The molecule has 4 nitrogen and oxygen atoms in total. The summed E-state index contributed by atoms with van der Waals surface area (Å²) < 4.78 is 13.0. The van der Waals surface area contributed by atoms with Crippen LogP contribution in [0.3, 0.4) is 0 Å². The molecule has 2 aromatic carbocycles. The zero-order chi connectivity index (χ0) is 17.1. The Labute approximate surface area is 140 Å². The number of rotatable bonds is 4. The number of hydrogen-bond acceptors (Lipinski definition) is 2. The van der Waals surface area contributed by atoms with Crippen LogP contribution in [0.25, 0.3) is 0 Å². The molecule has 2 amide bonds. The molecule has 3 rings (SSSR count). The lowest BCUT2D eigenvalue weighted by atomic mass is 10.1. The Morgan fingerprint density at radius 3 is 2.62 bits per heavy atom. The number of carbonyl (C=O) groups excluding carboxylic acids is 2. The van der Waals surface area contributed by atoms with Crippen molar-refractivity contribution in [3.05, 3.63) is 65.5 Å². The van der Waals surface area contributed by atoms with Gasteiger partial charge in [0.15, 0.2) is 0 Å². The minimum Gasteiger partial charge on any atom is -0.352 e. The van der Waals surface area contributed by atoms with Gasteiger partial charge in [0, 0.05) is 25.2 Å². The van der Waals surface area contributed by atoms with E-state index in [1.54, 1.807) is 12.1 Å². The van der Waals surface area contributed by atoms with Gasteiger partial charge in [-0.25, -0.2) is 4.39 Å². The molecule has 1 aliphatic heterocycles. The molecule has 1 heterocycles. The van der Waals surface area contributed by atoms with E-state index >= 15 is 0 Å². The summed E-state index contributed by atoms with van der Waals surface area (Å²) in [5, 5.41) is 2.91. The summed E-state index contributed by atoms with van der Waals surface area (Å²) in [6, 6.07) is 13.6. The van der Waals surface area contributed by atoms with Crippen molar-refractivity contribution in [2.75, 3.05) is 11.4 Å². The van der Waals surface area contributed by atoms with Crippen molar-refractivity contribution >= 4 is 17.5 Å². The largest absolute Gasteiger partial charge is 0.352 e. The smallest absolute Gasteiger partial charge is 0.227 e. The molecule has 1 atom stereocenters. The van der Waals surface area contributed by atoms with E-state index in [2.05, 4.69) is 5.32 Å². The predicted octanol–water partition coefficient (Wildman–Crippen LogP) is 2.80. The monoisotopic (exact) mass is 326 g/mol. The van der Waals surface area contributed by atoms with Crippen LogP contribution in [-0.2, 0) is 16.1 Å². The van der Waals surface area contributed by atoms with Crippen LogP contribution in [0.1, 0.15) is 17.5 Å². The molecule has 0 saturated carbocycles. The van der Waals surface area contributed by atoms with Crippen LogP contribution >= 0.6 is 0 Å². The van der Waals surface area contributed by atoms with Crippen molar-refractivity contribution in [2.45, 2.75) is 19.9 Å². The zero-order valence-corrected chi connectivity index (χ0v) is 13.5. The van der Waals surface area contributed by atoms with Crippen molar-refractivity contribution in [3.8, 4) is 0 Å². The van der Waals surface area contributed by atoms with Crippen LogP contribution in [-0.4, -0.2) is 18.4 Å². The summed E-state index contributed by atoms with van der Waals surface area (Å²) in [7, 11) is 0. The number of nitrogens with one attached hydrogen (secondary N) is 1. The molecule has 2 aromatic rings. The molecule has 1 fully saturated rings. The minimum absolute atomic E-state index is 0.113. The van der Waals surface area contributed by atoms with Gasteiger partial charge in [0.25, 0.3) is 0 Å². The highest BCUT2D eigenvalue weighted by Gasteiger charge is 2.34. The van der Waals surface area contributed by atoms with E-state index in [0.29, 0.717) is 18.8 Å². The topological polar surface area (TPSA) is 49.4 Å². The number of halogens is 1. The first kappa shape index (κ1) is 16.2. The van der Waals surface area contributed by atoms with Crippen LogP contribution in [0.2, 0.25) is 0 Å². The molecule has 0 radical (unpaired) electrons. The van der Waals surface area contributed by atoms with Crippen molar-refractivity contribution in [1.29, 1.82) is 0 Å². The minimum atomic E-state index is -0.383. The second-order valence-electron chi connectivity index (χ2n) is 6.03. The molecule has 1 aliphatic rings. The average molecular weight is 326 g/mol. The Morgan fingerprint density at radius 2 is 1.92 bits per heavy atom. The number of aryl methyl sites for hydroxylation is 1. The van der Waals surface area contributed by atoms with E-state index < -0.39 is 0 Å². The molecule has 0 aromatic heterocycles. The fraction of sp³-hybridized carbons (Fsp3) is 0.263. The number of anilines is 1. The van der Waals surface area contributed by atoms with E-state index in [1.165, 1.54) is 17.0 Å². The molecule has 1 N–H and O–H groups in total. The first-order valence-corrected chi connectivity index (χ1v) is 7.93. The van der Waals surface area contributed by atoms with Gasteiger partial charge in [-0.05, 0) is 42.3 Å². The fourth-order valence-corrected chi connectivity index (χ4v) is 2.89. The predicted molar refractivity (Wildman–Crippen MR) is 89.9 cm³/mol. The maximum absolute atomic E-state index is 13.0. The van der Waals surface area contributed by atoms with Gasteiger partial charge in [-0.2, -0.15) is 0 Å². The van der Waals surface area contributed by atoms with Gasteiger partial charge in [-0.15, -0.1) is 0 Å². The third kappa shape index (κ3) is 3.45. The summed E-state index contributed by atoms with van der Waals surface area (Å²) in [4.78, 5) is 26.1. The summed E-state index contributed by atoms with van der Waals surface area (Å²) >= 11 is 0. The molecule has 5 heteroatoms. The average Bonchev–Trinajstić information content (AvgIpc) is 2.96. The summed E-state index contributed by atoms with van der Waals surface area (Å²) in [5.74, 6) is -0.974. The van der Waals surface area contributed by atoms with Crippen LogP contribution in [0.15, 0.2) is 48.5 Å². The third-order valence-electron chi connectivity index (χ3n) is 4.35. The quantitative estimate of drug-likeness (QED) is 0.939. The van der Waals surface area contributed by atoms with E-state index in [4.69, 9.17) is 0 Å². The van der Waals surface area contributed by atoms with E-state index in [1.807, 2.05) is 31.2 Å². The maximum Gasteiger partial charge on any atom is 0.227 e. The Kier molecular flexibility index (Phi) is 4.60. The fourth-order valence-electron chi connectivity index (χ4n) is 2.89. The lowest BCUT2D eigenvalue weighted by molar-refractivity contribution is -0.126. The van der Waals surface area contributed by atoms with Gasteiger partial charge < -0.3 is 10.2 Å². The van der Waals surface area contributed by atoms with Crippen LogP contribution < -0.4 is 10.2 Å². The first-order valence-electron chi connectivity index (χ1n) is 7.93. The van der Waals surface area contributed by atoms with Crippen LogP contribution in [0, 0.1) is 18.7 Å². The number of carbonyl (C=O) groups is 2. The standard InChI is InChI=1S/C19H19FN2O2/c1-13-4-2-3-5-14(13)11-21-19(24)15-10-18(23)22(12-15)17-8-6-16(20)7-9-17/h2-9,15H,10-12H2,1H3,(H,21,24)/t15-/m0/s1.